The molecule has 3 aromatic rings. The van der Waals surface area contributed by atoms with Gasteiger partial charge in [-0.1, -0.05) is 12.1 Å². The number of carbonyl (C=O) groups is 1. The molecule has 7 nitrogen and oxygen atoms in total. The van der Waals surface area contributed by atoms with Gasteiger partial charge >= 0.3 is 0 Å². The molecule has 0 atom stereocenters. The van der Waals surface area contributed by atoms with Crippen LogP contribution in [0.15, 0.2) is 58.1 Å². The molecule has 1 aliphatic carbocycles. The summed E-state index contributed by atoms with van der Waals surface area (Å²) >= 11 is 0. The number of rotatable bonds is 7. The fourth-order valence-corrected chi connectivity index (χ4v) is 5.79. The second-order valence-electron chi connectivity index (χ2n) is 7.75. The zero-order valence-electron chi connectivity index (χ0n) is 17.4. The van der Waals surface area contributed by atoms with Crippen molar-refractivity contribution in [3.05, 3.63) is 60.1 Å². The number of benzene rings is 1. The lowest BCUT2D eigenvalue weighted by Gasteiger charge is -2.28. The van der Waals surface area contributed by atoms with Crippen LogP contribution in [0, 0.1) is 0 Å². The van der Waals surface area contributed by atoms with E-state index in [2.05, 4.69) is 10.3 Å². The van der Waals surface area contributed by atoms with Gasteiger partial charge in [-0.25, -0.2) is 8.42 Å². The topological polar surface area (TPSA) is 98.5 Å². The highest BCUT2D eigenvalue weighted by Crippen LogP contribution is 2.30. The molecule has 2 aromatic heterocycles. The van der Waals surface area contributed by atoms with Gasteiger partial charge in [-0.05, 0) is 62.4 Å². The summed E-state index contributed by atoms with van der Waals surface area (Å²) in [4.78, 5) is 16.7. The third kappa shape index (κ3) is 4.80. The SMILES string of the molecule is CCOC1CCC(S(=O)(=O)c2ccc(CNC(=O)c3cc4ccncc4o3)cc2)CC1. The summed E-state index contributed by atoms with van der Waals surface area (Å²) in [7, 11) is -3.37. The first-order valence-corrected chi connectivity index (χ1v) is 12.1. The van der Waals surface area contributed by atoms with E-state index in [1.807, 2.05) is 6.92 Å². The molecule has 0 spiro atoms. The number of furan rings is 1. The second kappa shape index (κ2) is 9.20. The molecule has 31 heavy (non-hydrogen) atoms. The second-order valence-corrected chi connectivity index (χ2v) is 9.98. The molecule has 1 aliphatic rings. The van der Waals surface area contributed by atoms with Gasteiger partial charge in [0.1, 0.15) is 0 Å². The van der Waals surface area contributed by atoms with Crippen LogP contribution in [0.2, 0.25) is 0 Å². The summed E-state index contributed by atoms with van der Waals surface area (Å²) in [6.07, 6.45) is 6.18. The molecule has 1 saturated carbocycles. The van der Waals surface area contributed by atoms with Crippen LogP contribution >= 0.6 is 0 Å². The van der Waals surface area contributed by atoms with Crippen LogP contribution in [0.5, 0.6) is 0 Å². The number of hydrogen-bond acceptors (Lipinski definition) is 6. The minimum Gasteiger partial charge on any atom is -0.449 e. The van der Waals surface area contributed by atoms with E-state index in [0.29, 0.717) is 29.9 Å². The maximum Gasteiger partial charge on any atom is 0.287 e. The Morgan fingerprint density at radius 3 is 2.58 bits per heavy atom. The Morgan fingerprint density at radius 1 is 1.16 bits per heavy atom. The van der Waals surface area contributed by atoms with Crippen molar-refractivity contribution in [3.63, 3.8) is 0 Å². The molecule has 0 unspecified atom stereocenters. The predicted molar refractivity (Wildman–Crippen MR) is 116 cm³/mol. The summed E-state index contributed by atoms with van der Waals surface area (Å²) in [5.41, 5.74) is 1.36. The molecular weight excluding hydrogens is 416 g/mol. The molecule has 0 bridgehead atoms. The smallest absolute Gasteiger partial charge is 0.287 e. The van der Waals surface area contributed by atoms with Crippen LogP contribution in [0.4, 0.5) is 0 Å². The number of nitrogens with one attached hydrogen (secondary N) is 1. The zero-order chi connectivity index (χ0) is 21.8. The summed E-state index contributed by atoms with van der Waals surface area (Å²) < 4.78 is 37.1. The summed E-state index contributed by atoms with van der Waals surface area (Å²) in [6, 6.07) is 10.2. The number of aromatic nitrogens is 1. The van der Waals surface area contributed by atoms with E-state index in [1.165, 1.54) is 0 Å². The van der Waals surface area contributed by atoms with E-state index in [-0.39, 0.29) is 29.6 Å². The van der Waals surface area contributed by atoms with E-state index in [4.69, 9.17) is 9.15 Å². The Hall–Kier alpha value is -2.71. The highest BCUT2D eigenvalue weighted by Gasteiger charge is 2.32. The van der Waals surface area contributed by atoms with Crippen molar-refractivity contribution in [3.8, 4) is 0 Å². The van der Waals surface area contributed by atoms with Gasteiger partial charge in [0.25, 0.3) is 5.91 Å². The lowest BCUT2D eigenvalue weighted by Crippen LogP contribution is -2.30. The molecule has 1 amide bonds. The van der Waals surface area contributed by atoms with Crippen molar-refractivity contribution in [2.45, 2.75) is 55.4 Å². The zero-order valence-corrected chi connectivity index (χ0v) is 18.2. The number of amides is 1. The number of hydrogen-bond donors (Lipinski definition) is 1. The van der Waals surface area contributed by atoms with E-state index in [9.17, 15) is 13.2 Å². The maximum atomic E-state index is 13.0. The largest absolute Gasteiger partial charge is 0.449 e. The van der Waals surface area contributed by atoms with E-state index in [0.717, 1.165) is 23.8 Å². The van der Waals surface area contributed by atoms with Crippen molar-refractivity contribution in [1.29, 1.82) is 0 Å². The third-order valence-corrected chi connectivity index (χ3v) is 7.99. The molecular formula is C23H26N2O5S. The Balaban J connectivity index is 1.36. The molecule has 1 fully saturated rings. The van der Waals surface area contributed by atoms with E-state index >= 15 is 0 Å². The first-order chi connectivity index (χ1) is 15.0. The van der Waals surface area contributed by atoms with Gasteiger partial charge in [-0.15, -0.1) is 0 Å². The monoisotopic (exact) mass is 442 g/mol. The van der Waals surface area contributed by atoms with Crippen molar-refractivity contribution in [2.24, 2.45) is 0 Å². The van der Waals surface area contributed by atoms with Crippen molar-refractivity contribution in [2.75, 3.05) is 6.61 Å². The number of sulfone groups is 1. The normalized spacial score (nSPS) is 19.4. The molecule has 4 rings (SSSR count). The molecule has 0 aliphatic heterocycles. The van der Waals surface area contributed by atoms with Gasteiger partial charge in [0.2, 0.25) is 0 Å². The van der Waals surface area contributed by atoms with E-state index in [1.54, 1.807) is 48.8 Å². The summed E-state index contributed by atoms with van der Waals surface area (Å²) in [6.45, 7) is 2.89. The van der Waals surface area contributed by atoms with Crippen LogP contribution < -0.4 is 5.32 Å². The Bertz CT molecular complexity index is 1110. The molecule has 1 N–H and O–H groups in total. The van der Waals surface area contributed by atoms with Crippen LogP contribution in [0.25, 0.3) is 11.0 Å². The standard InChI is InChI=1S/C23H26N2O5S/c1-2-29-18-5-9-20(10-6-18)31(27,28)19-7-3-16(4-8-19)14-25-23(26)21-13-17-11-12-24-15-22(17)30-21/h3-4,7-8,11-13,15,18,20H,2,5-6,9-10,14H2,1H3,(H,25,26). The van der Waals surface area contributed by atoms with Gasteiger partial charge in [-0.3, -0.25) is 9.78 Å². The molecule has 0 saturated heterocycles. The van der Waals surface area contributed by atoms with Crippen LogP contribution in [-0.4, -0.2) is 37.3 Å². The fourth-order valence-electron chi connectivity index (χ4n) is 4.00. The maximum absolute atomic E-state index is 13.0. The van der Waals surface area contributed by atoms with Gasteiger partial charge < -0.3 is 14.5 Å². The molecule has 1 aromatic carbocycles. The highest BCUT2D eigenvalue weighted by molar-refractivity contribution is 7.92. The number of ether oxygens (including phenoxy) is 1. The number of fused-ring (bicyclic) bond motifs is 1. The Morgan fingerprint density at radius 2 is 1.90 bits per heavy atom. The first-order valence-electron chi connectivity index (χ1n) is 10.5. The van der Waals surface area contributed by atoms with Gasteiger partial charge in [0.15, 0.2) is 21.2 Å². The quantitative estimate of drug-likeness (QED) is 0.596. The minimum absolute atomic E-state index is 0.172. The number of pyridine rings is 1. The molecule has 164 valence electrons. The highest BCUT2D eigenvalue weighted by atomic mass is 32.2. The predicted octanol–water partition coefficient (Wildman–Crippen LogP) is 3.88. The lowest BCUT2D eigenvalue weighted by atomic mass is 9.97. The Labute approximate surface area is 181 Å². The molecule has 2 heterocycles. The molecule has 8 heteroatoms. The van der Waals surface area contributed by atoms with E-state index < -0.39 is 9.84 Å². The average molecular weight is 443 g/mol. The lowest BCUT2D eigenvalue weighted by molar-refractivity contribution is 0.0375. The Kier molecular flexibility index (Phi) is 6.38. The van der Waals surface area contributed by atoms with Gasteiger partial charge in [0.05, 0.1) is 22.4 Å². The van der Waals surface area contributed by atoms with Crippen LogP contribution in [0.1, 0.15) is 48.7 Å². The van der Waals surface area contributed by atoms with Crippen molar-refractivity contribution in [1.82, 2.24) is 10.3 Å². The van der Waals surface area contributed by atoms with Gasteiger partial charge in [-0.2, -0.15) is 0 Å². The average Bonchev–Trinajstić information content (AvgIpc) is 3.23. The number of nitrogens with zero attached hydrogens (tertiary/aromatic N) is 1. The number of carbonyl (C=O) groups excluding carboxylic acids is 1. The molecule has 0 radical (unpaired) electrons. The van der Waals surface area contributed by atoms with Crippen molar-refractivity contribution >= 4 is 26.7 Å². The summed E-state index contributed by atoms with van der Waals surface area (Å²) in [5, 5.41) is 3.24. The van der Waals surface area contributed by atoms with Crippen LogP contribution in [0.3, 0.4) is 0 Å². The van der Waals surface area contributed by atoms with Crippen molar-refractivity contribution < 1.29 is 22.4 Å². The first kappa shape index (κ1) is 21.5. The van der Waals surface area contributed by atoms with Crippen LogP contribution in [-0.2, 0) is 21.1 Å². The summed E-state index contributed by atoms with van der Waals surface area (Å²) in [5.74, 6) is -0.121. The third-order valence-electron chi connectivity index (χ3n) is 5.71. The fraction of sp³-hybridized carbons (Fsp3) is 0.391. The van der Waals surface area contributed by atoms with Gasteiger partial charge in [0, 0.05) is 24.7 Å². The minimum atomic E-state index is -3.37.